The molecule has 118 valence electrons. The van der Waals surface area contributed by atoms with Gasteiger partial charge < -0.3 is 14.8 Å². The van der Waals surface area contributed by atoms with E-state index < -0.39 is 24.0 Å². The number of carbonyl (C=O) groups is 3. The van der Waals surface area contributed by atoms with Gasteiger partial charge in [0.15, 0.2) is 12.7 Å². The van der Waals surface area contributed by atoms with Crippen LogP contribution in [0, 0.1) is 0 Å². The Hall–Kier alpha value is -2.09. The second-order valence-electron chi connectivity index (χ2n) is 4.60. The zero-order valence-electron chi connectivity index (χ0n) is 11.9. The normalized spacial score (nSPS) is 15.2. The van der Waals surface area contributed by atoms with E-state index in [0.29, 0.717) is 12.3 Å². The first kappa shape index (κ1) is 16.3. The molecule has 0 aromatic heterocycles. The molecular formula is C14H15BrN2O5. The molecule has 7 nitrogen and oxygen atoms in total. The number of carbonyl (C=O) groups excluding carboxylic acids is 3. The number of halogens is 1. The minimum Gasteiger partial charge on any atom is -0.482 e. The quantitative estimate of drug-likeness (QED) is 0.789. The van der Waals surface area contributed by atoms with E-state index in [4.69, 9.17) is 9.47 Å². The molecule has 1 unspecified atom stereocenters. The van der Waals surface area contributed by atoms with Crippen molar-refractivity contribution in [2.75, 3.05) is 19.7 Å². The van der Waals surface area contributed by atoms with Gasteiger partial charge in [-0.3, -0.25) is 9.69 Å². The Morgan fingerprint density at radius 2 is 2.23 bits per heavy atom. The van der Waals surface area contributed by atoms with Gasteiger partial charge in [0.2, 0.25) is 0 Å². The van der Waals surface area contributed by atoms with Crippen LogP contribution < -0.4 is 10.1 Å². The van der Waals surface area contributed by atoms with Gasteiger partial charge in [0.05, 0.1) is 0 Å². The molecule has 1 aromatic carbocycles. The van der Waals surface area contributed by atoms with Gasteiger partial charge >= 0.3 is 12.0 Å². The summed E-state index contributed by atoms with van der Waals surface area (Å²) in [5.41, 5.74) is 0. The smallest absolute Gasteiger partial charge is 0.344 e. The highest BCUT2D eigenvalue weighted by molar-refractivity contribution is 9.10. The third-order valence-electron chi connectivity index (χ3n) is 2.93. The summed E-state index contributed by atoms with van der Waals surface area (Å²) in [5, 5.41) is 2.51. The molecule has 1 N–H and O–H groups in total. The Balaban J connectivity index is 1.81. The summed E-state index contributed by atoms with van der Waals surface area (Å²) in [6, 6.07) is 6.52. The molecule has 1 atom stereocenters. The molecule has 1 aliphatic rings. The monoisotopic (exact) mass is 370 g/mol. The number of nitrogens with one attached hydrogen (secondary N) is 1. The second kappa shape index (κ2) is 7.26. The van der Waals surface area contributed by atoms with Crippen LogP contribution in [0.2, 0.25) is 0 Å². The average molecular weight is 371 g/mol. The van der Waals surface area contributed by atoms with Crippen LogP contribution in [0.5, 0.6) is 5.75 Å². The van der Waals surface area contributed by atoms with Crippen LogP contribution in [-0.4, -0.2) is 48.6 Å². The van der Waals surface area contributed by atoms with E-state index in [2.05, 4.69) is 21.2 Å². The van der Waals surface area contributed by atoms with Crippen molar-refractivity contribution in [1.29, 1.82) is 0 Å². The van der Waals surface area contributed by atoms with Crippen molar-refractivity contribution in [3.8, 4) is 5.75 Å². The van der Waals surface area contributed by atoms with Gasteiger partial charge in [0.25, 0.3) is 5.91 Å². The molecular weight excluding hydrogens is 356 g/mol. The number of hydrogen-bond acceptors (Lipinski definition) is 5. The molecule has 0 spiro atoms. The van der Waals surface area contributed by atoms with E-state index in [1.807, 2.05) is 6.07 Å². The number of benzene rings is 1. The summed E-state index contributed by atoms with van der Waals surface area (Å²) in [6.45, 7) is 1.77. The first-order chi connectivity index (χ1) is 10.5. The van der Waals surface area contributed by atoms with Crippen LogP contribution >= 0.6 is 15.9 Å². The van der Waals surface area contributed by atoms with Crippen molar-refractivity contribution in [3.63, 3.8) is 0 Å². The largest absolute Gasteiger partial charge is 0.482 e. The fourth-order valence-corrected chi connectivity index (χ4v) is 2.26. The summed E-state index contributed by atoms with van der Waals surface area (Å²) in [4.78, 5) is 36.0. The van der Waals surface area contributed by atoms with Crippen molar-refractivity contribution >= 4 is 33.8 Å². The van der Waals surface area contributed by atoms with E-state index in [1.165, 1.54) is 6.92 Å². The van der Waals surface area contributed by atoms with Crippen LogP contribution in [-0.2, 0) is 14.3 Å². The average Bonchev–Trinajstić information content (AvgIpc) is 2.90. The summed E-state index contributed by atoms with van der Waals surface area (Å²) in [5.74, 6) is -0.726. The van der Waals surface area contributed by atoms with E-state index in [9.17, 15) is 14.4 Å². The van der Waals surface area contributed by atoms with E-state index >= 15 is 0 Å². The highest BCUT2D eigenvalue weighted by Gasteiger charge is 2.31. The standard InChI is InChI=1S/C14H15BrN2O5/c1-9(13(19)17-6-5-16-14(17)20)22-12(18)8-21-11-4-2-3-10(15)7-11/h2-4,7,9H,5-6,8H2,1H3,(H,16,20). The highest BCUT2D eigenvalue weighted by atomic mass is 79.9. The van der Waals surface area contributed by atoms with Crippen molar-refractivity contribution in [2.45, 2.75) is 13.0 Å². The van der Waals surface area contributed by atoms with Crippen LogP contribution in [0.15, 0.2) is 28.7 Å². The van der Waals surface area contributed by atoms with Crippen LogP contribution in [0.3, 0.4) is 0 Å². The maximum absolute atomic E-state index is 12.0. The molecule has 1 saturated heterocycles. The van der Waals surface area contributed by atoms with Crippen LogP contribution in [0.4, 0.5) is 4.79 Å². The molecule has 0 saturated carbocycles. The zero-order chi connectivity index (χ0) is 16.1. The molecule has 22 heavy (non-hydrogen) atoms. The lowest BCUT2D eigenvalue weighted by molar-refractivity contribution is -0.159. The summed E-state index contributed by atoms with van der Waals surface area (Å²) in [6.07, 6.45) is -1.04. The van der Waals surface area contributed by atoms with Gasteiger partial charge in [-0.25, -0.2) is 9.59 Å². The third kappa shape index (κ3) is 4.20. The molecule has 0 radical (unpaired) electrons. The first-order valence-corrected chi connectivity index (χ1v) is 7.43. The fourth-order valence-electron chi connectivity index (χ4n) is 1.88. The maximum Gasteiger partial charge on any atom is 0.344 e. The molecule has 8 heteroatoms. The lowest BCUT2D eigenvalue weighted by Crippen LogP contribution is -2.42. The van der Waals surface area contributed by atoms with Crippen molar-refractivity contribution < 1.29 is 23.9 Å². The molecule has 1 aromatic rings. The predicted octanol–water partition coefficient (Wildman–Crippen LogP) is 1.31. The molecule has 1 aliphatic heterocycles. The number of nitrogens with zero attached hydrogens (tertiary/aromatic N) is 1. The Labute approximate surface area is 135 Å². The Bertz CT molecular complexity index is 592. The first-order valence-electron chi connectivity index (χ1n) is 6.64. The minimum atomic E-state index is -1.04. The lowest BCUT2D eigenvalue weighted by Gasteiger charge is -2.18. The molecule has 0 aliphatic carbocycles. The number of ether oxygens (including phenoxy) is 2. The maximum atomic E-state index is 12.0. The van der Waals surface area contributed by atoms with E-state index in [-0.39, 0.29) is 13.2 Å². The van der Waals surface area contributed by atoms with Crippen LogP contribution in [0.1, 0.15) is 6.92 Å². The zero-order valence-corrected chi connectivity index (χ0v) is 13.5. The predicted molar refractivity (Wildman–Crippen MR) is 80.3 cm³/mol. The molecule has 2 rings (SSSR count). The summed E-state index contributed by atoms with van der Waals surface area (Å²) in [7, 11) is 0. The van der Waals surface area contributed by atoms with Gasteiger partial charge in [-0.15, -0.1) is 0 Å². The molecule has 1 fully saturated rings. The highest BCUT2D eigenvalue weighted by Crippen LogP contribution is 2.17. The van der Waals surface area contributed by atoms with Gasteiger partial charge in [-0.05, 0) is 25.1 Å². The topological polar surface area (TPSA) is 84.9 Å². The van der Waals surface area contributed by atoms with E-state index in [0.717, 1.165) is 9.37 Å². The minimum absolute atomic E-state index is 0.272. The lowest BCUT2D eigenvalue weighted by atomic mass is 10.3. The Morgan fingerprint density at radius 3 is 2.86 bits per heavy atom. The van der Waals surface area contributed by atoms with Gasteiger partial charge in [-0.1, -0.05) is 22.0 Å². The Morgan fingerprint density at radius 1 is 1.45 bits per heavy atom. The number of hydrogen-bond donors (Lipinski definition) is 1. The van der Waals surface area contributed by atoms with Crippen LogP contribution in [0.25, 0.3) is 0 Å². The third-order valence-corrected chi connectivity index (χ3v) is 3.42. The summed E-state index contributed by atoms with van der Waals surface area (Å²) < 4.78 is 11.1. The molecule has 1 heterocycles. The van der Waals surface area contributed by atoms with Crippen molar-refractivity contribution in [2.24, 2.45) is 0 Å². The summed E-state index contributed by atoms with van der Waals surface area (Å²) >= 11 is 3.29. The number of rotatable bonds is 5. The number of urea groups is 1. The SMILES string of the molecule is CC(OC(=O)COc1cccc(Br)c1)C(=O)N1CCNC1=O. The molecule has 3 amide bonds. The number of esters is 1. The second-order valence-corrected chi connectivity index (χ2v) is 5.52. The molecule has 0 bridgehead atoms. The van der Waals surface area contributed by atoms with Gasteiger partial charge in [0, 0.05) is 17.6 Å². The van der Waals surface area contributed by atoms with Gasteiger partial charge in [-0.2, -0.15) is 0 Å². The van der Waals surface area contributed by atoms with Gasteiger partial charge in [0.1, 0.15) is 5.75 Å². The fraction of sp³-hybridized carbons (Fsp3) is 0.357. The van der Waals surface area contributed by atoms with E-state index in [1.54, 1.807) is 18.2 Å². The van der Waals surface area contributed by atoms with Crippen molar-refractivity contribution in [1.82, 2.24) is 10.2 Å². The Kier molecular flexibility index (Phi) is 5.37. The number of amides is 3. The van der Waals surface area contributed by atoms with Crippen molar-refractivity contribution in [3.05, 3.63) is 28.7 Å². The number of imide groups is 1.